The third-order valence-corrected chi connectivity index (χ3v) is 7.28. The lowest BCUT2D eigenvalue weighted by molar-refractivity contribution is -0.121. The summed E-state index contributed by atoms with van der Waals surface area (Å²) in [6.07, 6.45) is 2.67. The summed E-state index contributed by atoms with van der Waals surface area (Å²) in [5, 5.41) is 3.05. The molecule has 35 heavy (non-hydrogen) atoms. The predicted octanol–water partition coefficient (Wildman–Crippen LogP) is 4.91. The number of amides is 3. The lowest BCUT2D eigenvalue weighted by Crippen LogP contribution is -2.44. The number of carbonyl (C=O) groups excluding carboxylic acids is 3. The summed E-state index contributed by atoms with van der Waals surface area (Å²) < 4.78 is 0. The van der Waals surface area contributed by atoms with E-state index in [1.807, 2.05) is 55.1 Å². The van der Waals surface area contributed by atoms with Crippen molar-refractivity contribution in [1.82, 2.24) is 9.80 Å². The van der Waals surface area contributed by atoms with E-state index in [1.165, 1.54) is 0 Å². The van der Waals surface area contributed by atoms with Gasteiger partial charge in [-0.2, -0.15) is 0 Å². The second-order valence-corrected chi connectivity index (χ2v) is 10.6. The van der Waals surface area contributed by atoms with E-state index >= 15 is 0 Å². The average molecular weight is 476 g/mol. The van der Waals surface area contributed by atoms with Crippen LogP contribution in [-0.4, -0.2) is 53.7 Å². The standard InChI is InChI=1S/C29H37N3O3/c1-19-7-10-23(11-8-19)28(34)31-13-5-6-25(18-31)27(33)30-26-15-24(12-9-22(26)4)29(35)32-16-20(2)14-21(3)17-32/h7-12,15,20-21,25H,5-6,13-14,16-18H2,1-4H3,(H,30,33). The molecule has 0 saturated carbocycles. The summed E-state index contributed by atoms with van der Waals surface area (Å²) >= 11 is 0. The second kappa shape index (κ2) is 10.6. The summed E-state index contributed by atoms with van der Waals surface area (Å²) in [4.78, 5) is 43.1. The number of rotatable bonds is 4. The second-order valence-electron chi connectivity index (χ2n) is 10.6. The molecule has 6 heteroatoms. The van der Waals surface area contributed by atoms with E-state index < -0.39 is 0 Å². The lowest BCUT2D eigenvalue weighted by atomic mass is 9.91. The average Bonchev–Trinajstić information content (AvgIpc) is 2.84. The van der Waals surface area contributed by atoms with Gasteiger partial charge in [0.05, 0.1) is 5.92 Å². The number of nitrogens with zero attached hydrogens (tertiary/aromatic N) is 2. The number of anilines is 1. The molecule has 2 aromatic carbocycles. The Hall–Kier alpha value is -3.15. The number of hydrogen-bond acceptors (Lipinski definition) is 3. The highest BCUT2D eigenvalue weighted by Crippen LogP contribution is 2.26. The normalized spacial score (nSPS) is 22.6. The van der Waals surface area contributed by atoms with Gasteiger partial charge in [-0.05, 0) is 74.8 Å². The Morgan fingerprint density at radius 1 is 0.829 bits per heavy atom. The monoisotopic (exact) mass is 475 g/mol. The van der Waals surface area contributed by atoms with Gasteiger partial charge in [0.25, 0.3) is 11.8 Å². The van der Waals surface area contributed by atoms with Crippen LogP contribution in [0.25, 0.3) is 0 Å². The number of aryl methyl sites for hydroxylation is 2. The van der Waals surface area contributed by atoms with Crippen molar-refractivity contribution < 1.29 is 14.4 Å². The molecule has 3 amide bonds. The van der Waals surface area contributed by atoms with Crippen molar-refractivity contribution in [2.75, 3.05) is 31.5 Å². The smallest absolute Gasteiger partial charge is 0.253 e. The van der Waals surface area contributed by atoms with Crippen molar-refractivity contribution in [3.63, 3.8) is 0 Å². The molecule has 3 atom stereocenters. The minimum absolute atomic E-state index is 0.0198. The van der Waals surface area contributed by atoms with Crippen molar-refractivity contribution in [3.8, 4) is 0 Å². The van der Waals surface area contributed by atoms with Crippen LogP contribution in [0.5, 0.6) is 0 Å². The van der Waals surface area contributed by atoms with Gasteiger partial charge in [-0.1, -0.05) is 37.6 Å². The number of benzene rings is 2. The molecule has 0 aromatic heterocycles. The largest absolute Gasteiger partial charge is 0.338 e. The minimum atomic E-state index is -0.277. The van der Waals surface area contributed by atoms with E-state index in [2.05, 4.69) is 19.2 Å². The van der Waals surface area contributed by atoms with Gasteiger partial charge in [-0.15, -0.1) is 0 Å². The molecule has 3 unspecified atom stereocenters. The molecule has 186 valence electrons. The summed E-state index contributed by atoms with van der Waals surface area (Å²) in [7, 11) is 0. The van der Waals surface area contributed by atoms with Gasteiger partial charge in [0, 0.05) is 43.0 Å². The first-order valence-electron chi connectivity index (χ1n) is 12.8. The zero-order chi connectivity index (χ0) is 25.1. The Bertz CT molecular complexity index is 1080. The van der Waals surface area contributed by atoms with Crippen LogP contribution in [0.4, 0.5) is 5.69 Å². The first kappa shape index (κ1) is 25.0. The first-order valence-corrected chi connectivity index (χ1v) is 12.8. The Labute approximate surface area is 208 Å². The number of hydrogen-bond donors (Lipinski definition) is 1. The van der Waals surface area contributed by atoms with Crippen LogP contribution < -0.4 is 5.32 Å². The molecule has 4 rings (SSSR count). The van der Waals surface area contributed by atoms with Gasteiger partial charge in [0.1, 0.15) is 0 Å². The van der Waals surface area contributed by atoms with E-state index in [4.69, 9.17) is 0 Å². The van der Waals surface area contributed by atoms with Crippen LogP contribution >= 0.6 is 0 Å². The van der Waals surface area contributed by atoms with E-state index in [0.29, 0.717) is 41.7 Å². The fourth-order valence-corrected chi connectivity index (χ4v) is 5.39. The molecular formula is C29H37N3O3. The number of likely N-dealkylation sites (tertiary alicyclic amines) is 2. The zero-order valence-corrected chi connectivity index (χ0v) is 21.3. The SMILES string of the molecule is Cc1ccc(C(=O)N2CCCC(C(=O)Nc3cc(C(=O)N4CC(C)CC(C)C4)ccc3C)C2)cc1. The van der Waals surface area contributed by atoms with E-state index in [9.17, 15) is 14.4 Å². The van der Waals surface area contributed by atoms with E-state index in [1.54, 1.807) is 11.0 Å². The van der Waals surface area contributed by atoms with Gasteiger partial charge in [0.2, 0.25) is 5.91 Å². The third-order valence-electron chi connectivity index (χ3n) is 7.28. The molecule has 1 N–H and O–H groups in total. The highest BCUT2D eigenvalue weighted by atomic mass is 16.2. The van der Waals surface area contributed by atoms with Crippen LogP contribution in [0, 0.1) is 31.6 Å². The van der Waals surface area contributed by atoms with Crippen LogP contribution in [0.15, 0.2) is 42.5 Å². The van der Waals surface area contributed by atoms with Gasteiger partial charge in [0.15, 0.2) is 0 Å². The highest BCUT2D eigenvalue weighted by molar-refractivity contribution is 5.99. The van der Waals surface area contributed by atoms with Gasteiger partial charge < -0.3 is 15.1 Å². The van der Waals surface area contributed by atoms with Crippen molar-refractivity contribution in [1.29, 1.82) is 0 Å². The Kier molecular flexibility index (Phi) is 7.58. The summed E-state index contributed by atoms with van der Waals surface area (Å²) in [5.74, 6) is 0.594. The molecular weight excluding hydrogens is 438 g/mol. The highest BCUT2D eigenvalue weighted by Gasteiger charge is 2.30. The van der Waals surface area contributed by atoms with Gasteiger partial charge in [-0.25, -0.2) is 0 Å². The molecule has 2 aliphatic rings. The minimum Gasteiger partial charge on any atom is -0.338 e. The van der Waals surface area contributed by atoms with Crippen LogP contribution in [0.1, 0.15) is 65.0 Å². The molecule has 0 spiro atoms. The maximum Gasteiger partial charge on any atom is 0.253 e. The Balaban J connectivity index is 1.43. The summed E-state index contributed by atoms with van der Waals surface area (Å²) in [6.45, 7) is 10.9. The first-order chi connectivity index (χ1) is 16.7. The van der Waals surface area contributed by atoms with Gasteiger partial charge >= 0.3 is 0 Å². The molecule has 2 aliphatic heterocycles. The number of nitrogens with one attached hydrogen (secondary N) is 1. The van der Waals surface area contributed by atoms with Crippen molar-refractivity contribution in [2.24, 2.45) is 17.8 Å². The Morgan fingerprint density at radius 3 is 2.14 bits per heavy atom. The fourth-order valence-electron chi connectivity index (χ4n) is 5.39. The fraction of sp³-hybridized carbons (Fsp3) is 0.483. The van der Waals surface area contributed by atoms with Crippen LogP contribution in [0.2, 0.25) is 0 Å². The molecule has 0 radical (unpaired) electrons. The molecule has 2 fully saturated rings. The number of piperidine rings is 2. The third kappa shape index (κ3) is 5.92. The van der Waals surface area contributed by atoms with E-state index in [0.717, 1.165) is 43.5 Å². The van der Waals surface area contributed by atoms with Crippen LogP contribution in [-0.2, 0) is 4.79 Å². The van der Waals surface area contributed by atoms with Gasteiger partial charge in [-0.3, -0.25) is 14.4 Å². The summed E-state index contributed by atoms with van der Waals surface area (Å²) in [6, 6.07) is 13.1. The molecule has 2 heterocycles. The lowest BCUT2D eigenvalue weighted by Gasteiger charge is -2.35. The molecule has 0 bridgehead atoms. The quantitative estimate of drug-likeness (QED) is 0.683. The zero-order valence-electron chi connectivity index (χ0n) is 21.3. The molecule has 6 nitrogen and oxygen atoms in total. The maximum absolute atomic E-state index is 13.2. The molecule has 2 aromatic rings. The van der Waals surface area contributed by atoms with E-state index in [-0.39, 0.29) is 23.6 Å². The van der Waals surface area contributed by atoms with Crippen molar-refractivity contribution >= 4 is 23.4 Å². The molecule has 2 saturated heterocycles. The van der Waals surface area contributed by atoms with Crippen LogP contribution in [0.3, 0.4) is 0 Å². The molecule has 0 aliphatic carbocycles. The topological polar surface area (TPSA) is 69.7 Å². The van der Waals surface area contributed by atoms with Crippen molar-refractivity contribution in [3.05, 3.63) is 64.7 Å². The Morgan fingerprint density at radius 2 is 1.46 bits per heavy atom. The maximum atomic E-state index is 13.2. The summed E-state index contributed by atoms with van der Waals surface area (Å²) in [5.41, 5.74) is 3.95. The van der Waals surface area contributed by atoms with Crippen molar-refractivity contribution in [2.45, 2.75) is 47.0 Å². The predicted molar refractivity (Wildman–Crippen MR) is 138 cm³/mol. The number of carbonyl (C=O) groups is 3.